The van der Waals surface area contributed by atoms with Gasteiger partial charge in [0.05, 0.1) is 0 Å². The highest BCUT2D eigenvalue weighted by Crippen LogP contribution is 2.17. The Hall–Kier alpha value is -1.07. The van der Waals surface area contributed by atoms with E-state index in [1.165, 1.54) is 12.1 Å². The molecule has 64 valence electrons. The lowest BCUT2D eigenvalue weighted by Crippen LogP contribution is -2.10. The summed E-state index contributed by atoms with van der Waals surface area (Å²) < 4.78 is 0. The molecule has 0 bridgehead atoms. The van der Waals surface area contributed by atoms with Crippen LogP contribution in [0.15, 0.2) is 12.1 Å². The first-order valence-electron chi connectivity index (χ1n) is 2.84. The zero-order valence-corrected chi connectivity index (χ0v) is 7.17. The monoisotopic (exact) mass is 208 g/mol. The molecular formula is C5H4Cl2N3O2+. The van der Waals surface area contributed by atoms with Crippen LogP contribution in [0.5, 0.6) is 0 Å². The average Bonchev–Trinajstić information content (AvgIpc) is 1.81. The van der Waals surface area contributed by atoms with Gasteiger partial charge in [0.25, 0.3) is 0 Å². The summed E-state index contributed by atoms with van der Waals surface area (Å²) in [7, 11) is 0. The molecule has 0 fully saturated rings. The molecular weight excluding hydrogens is 205 g/mol. The zero-order valence-electron chi connectivity index (χ0n) is 5.66. The summed E-state index contributed by atoms with van der Waals surface area (Å²) in [5, 5.41) is 8.05. The van der Waals surface area contributed by atoms with Gasteiger partial charge in [0, 0.05) is 12.1 Å². The van der Waals surface area contributed by atoms with Crippen molar-refractivity contribution in [2.45, 2.75) is 0 Å². The van der Waals surface area contributed by atoms with E-state index >= 15 is 0 Å². The molecule has 0 amide bonds. The van der Waals surface area contributed by atoms with Crippen LogP contribution in [0, 0.1) is 4.91 Å². The fourth-order valence-electron chi connectivity index (χ4n) is 0.640. The van der Waals surface area contributed by atoms with Gasteiger partial charge in [-0.25, -0.2) is 10.2 Å². The number of aromatic nitrogens is 1. The third-order valence-electron chi connectivity index (χ3n) is 0.988. The fraction of sp³-hybridized carbons (Fsp3) is 0. The van der Waals surface area contributed by atoms with Crippen LogP contribution in [-0.4, -0.2) is 15.2 Å². The van der Waals surface area contributed by atoms with Gasteiger partial charge in [-0.15, -0.1) is 0 Å². The second-order valence-electron chi connectivity index (χ2n) is 1.89. The van der Waals surface area contributed by atoms with Crippen molar-refractivity contribution in [1.82, 2.24) is 4.98 Å². The summed E-state index contributed by atoms with van der Waals surface area (Å²) >= 11 is 11.0. The van der Waals surface area contributed by atoms with E-state index in [1.54, 1.807) is 0 Å². The van der Waals surface area contributed by atoms with Crippen molar-refractivity contribution in [3.8, 4) is 0 Å². The summed E-state index contributed by atoms with van der Waals surface area (Å²) in [6, 6.07) is 2.68. The van der Waals surface area contributed by atoms with Crippen LogP contribution in [0.4, 0.5) is 5.69 Å². The molecule has 0 aliphatic heterocycles. The Morgan fingerprint density at radius 3 is 2.33 bits per heavy atom. The van der Waals surface area contributed by atoms with E-state index in [4.69, 9.17) is 28.4 Å². The van der Waals surface area contributed by atoms with Gasteiger partial charge in [0.15, 0.2) is 0 Å². The van der Waals surface area contributed by atoms with E-state index in [0.717, 1.165) is 0 Å². The molecule has 12 heavy (non-hydrogen) atoms. The van der Waals surface area contributed by atoms with Crippen molar-refractivity contribution >= 4 is 28.9 Å². The maximum absolute atomic E-state index is 10.1. The Bertz CT molecular complexity index is 297. The van der Waals surface area contributed by atoms with Gasteiger partial charge in [-0.1, -0.05) is 28.6 Å². The number of pyridine rings is 1. The predicted molar refractivity (Wildman–Crippen MR) is 43.3 cm³/mol. The van der Waals surface area contributed by atoms with Crippen LogP contribution in [0.25, 0.3) is 0 Å². The van der Waals surface area contributed by atoms with E-state index in [0.29, 0.717) is 0 Å². The summed E-state index contributed by atoms with van der Waals surface area (Å²) in [4.78, 5) is 13.7. The number of hydrogen-bond acceptors (Lipinski definition) is 2. The topological polar surface area (TPSA) is 65.2 Å². The van der Waals surface area contributed by atoms with E-state index in [1.807, 2.05) is 5.43 Å². The van der Waals surface area contributed by atoms with Gasteiger partial charge in [-0.2, -0.15) is 0 Å². The van der Waals surface area contributed by atoms with Crippen molar-refractivity contribution < 1.29 is 10.2 Å². The number of rotatable bonds is 2. The first-order chi connectivity index (χ1) is 5.58. The summed E-state index contributed by atoms with van der Waals surface area (Å²) in [6.45, 7) is 0. The molecule has 1 heterocycles. The third kappa shape index (κ3) is 2.52. The van der Waals surface area contributed by atoms with Crippen LogP contribution in [-0.2, 0) is 0 Å². The Balaban J connectivity index is 2.93. The van der Waals surface area contributed by atoms with E-state index < -0.39 is 5.03 Å². The second-order valence-corrected chi connectivity index (χ2v) is 2.66. The number of hydrazine groups is 1. The Kier molecular flexibility index (Phi) is 2.67. The summed E-state index contributed by atoms with van der Waals surface area (Å²) in [5.41, 5.74) is 2.27. The van der Waals surface area contributed by atoms with Gasteiger partial charge in [-0.3, -0.25) is 0 Å². The first-order valence-corrected chi connectivity index (χ1v) is 3.59. The molecule has 0 aromatic carbocycles. The van der Waals surface area contributed by atoms with Gasteiger partial charge < -0.3 is 0 Å². The fourth-order valence-corrected chi connectivity index (χ4v) is 1.10. The number of nitrogens with one attached hydrogen (secondary N) is 1. The SMILES string of the molecule is O=[N+](O)Nc1cc(Cl)nc(Cl)c1. The summed E-state index contributed by atoms with van der Waals surface area (Å²) in [6.07, 6.45) is 0. The number of hydrogen-bond donors (Lipinski definition) is 2. The van der Waals surface area contributed by atoms with Crippen LogP contribution >= 0.6 is 23.2 Å². The van der Waals surface area contributed by atoms with E-state index in [9.17, 15) is 4.91 Å². The standard InChI is InChI=1S/C5H4Cl2N3O2/c6-4-1-3(9-10(11)12)2-5(7)8-4/h1-2H,(H,8,9)(H,11,12)/q+1. The molecule has 0 saturated heterocycles. The van der Waals surface area contributed by atoms with Crippen molar-refractivity contribution in [3.05, 3.63) is 27.3 Å². The molecule has 0 radical (unpaired) electrons. The molecule has 0 unspecified atom stereocenters. The van der Waals surface area contributed by atoms with E-state index in [-0.39, 0.29) is 16.0 Å². The highest BCUT2D eigenvalue weighted by molar-refractivity contribution is 6.32. The van der Waals surface area contributed by atoms with Crippen molar-refractivity contribution in [1.29, 1.82) is 0 Å². The Labute approximate surface area is 77.4 Å². The first kappa shape index (κ1) is 9.02. The molecule has 5 nitrogen and oxygen atoms in total. The molecule has 1 aromatic heterocycles. The lowest BCUT2D eigenvalue weighted by Gasteiger charge is -1.94. The molecule has 0 aliphatic carbocycles. The molecule has 0 aliphatic rings. The molecule has 7 heteroatoms. The quantitative estimate of drug-likeness (QED) is 0.576. The molecule has 1 rings (SSSR count). The van der Waals surface area contributed by atoms with Crippen molar-refractivity contribution in [2.24, 2.45) is 0 Å². The number of anilines is 1. The molecule has 1 aromatic rings. The Morgan fingerprint density at radius 1 is 1.42 bits per heavy atom. The van der Waals surface area contributed by atoms with Gasteiger partial charge in [-0.05, 0) is 0 Å². The highest BCUT2D eigenvalue weighted by Gasteiger charge is 2.06. The van der Waals surface area contributed by atoms with Crippen molar-refractivity contribution in [2.75, 3.05) is 5.43 Å². The largest absolute Gasteiger partial charge is 0.359 e. The average molecular weight is 209 g/mol. The van der Waals surface area contributed by atoms with E-state index in [2.05, 4.69) is 4.98 Å². The number of halogens is 2. The molecule has 0 spiro atoms. The lowest BCUT2D eigenvalue weighted by molar-refractivity contribution is -0.769. The normalized spacial score (nSPS) is 9.50. The minimum atomic E-state index is -0.456. The second kappa shape index (κ2) is 3.55. The van der Waals surface area contributed by atoms with Crippen LogP contribution in [0.2, 0.25) is 10.3 Å². The molecule has 2 N–H and O–H groups in total. The predicted octanol–water partition coefficient (Wildman–Crippen LogP) is 1.88. The third-order valence-corrected chi connectivity index (χ3v) is 1.37. The van der Waals surface area contributed by atoms with Gasteiger partial charge in [0.2, 0.25) is 0 Å². The summed E-state index contributed by atoms with van der Waals surface area (Å²) in [5.74, 6) is 0. The maximum Gasteiger partial charge on any atom is 0.359 e. The van der Waals surface area contributed by atoms with Crippen LogP contribution in [0.3, 0.4) is 0 Å². The van der Waals surface area contributed by atoms with Gasteiger partial charge >= 0.3 is 5.03 Å². The number of nitrogens with zero attached hydrogens (tertiary/aromatic N) is 2. The van der Waals surface area contributed by atoms with Crippen LogP contribution < -0.4 is 5.43 Å². The van der Waals surface area contributed by atoms with Crippen molar-refractivity contribution in [3.63, 3.8) is 0 Å². The Morgan fingerprint density at radius 2 is 1.92 bits per heavy atom. The zero-order chi connectivity index (χ0) is 9.14. The maximum atomic E-state index is 10.1. The van der Waals surface area contributed by atoms with Crippen LogP contribution in [0.1, 0.15) is 0 Å². The molecule has 0 atom stereocenters. The van der Waals surface area contributed by atoms with Gasteiger partial charge in [0.1, 0.15) is 20.9 Å². The smallest absolute Gasteiger partial charge is 0.224 e. The minimum absolute atomic E-state index is 0.131. The molecule has 0 saturated carbocycles. The minimum Gasteiger partial charge on any atom is -0.224 e. The lowest BCUT2D eigenvalue weighted by atomic mass is 10.4. The highest BCUT2D eigenvalue weighted by atomic mass is 35.5.